The van der Waals surface area contributed by atoms with Crippen LogP contribution in [0.3, 0.4) is 0 Å². The van der Waals surface area contributed by atoms with Gasteiger partial charge in [0.15, 0.2) is 0 Å². The maximum absolute atomic E-state index is 14.5. The summed E-state index contributed by atoms with van der Waals surface area (Å²) in [5.74, 6) is -7.19. The van der Waals surface area contributed by atoms with Crippen LogP contribution in [0.25, 0.3) is 0 Å². The van der Waals surface area contributed by atoms with Crippen molar-refractivity contribution in [1.29, 1.82) is 0 Å². The molecule has 6 N–H and O–H groups in total. The Bertz CT molecular complexity index is 2010. The lowest BCUT2D eigenvalue weighted by Crippen LogP contribution is -2.56. The molecule has 0 aromatic carbocycles. The fraction of sp³-hybridized carbons (Fsp3) is 0.821. The van der Waals surface area contributed by atoms with Crippen molar-refractivity contribution in [1.82, 2.24) is 49.4 Å². The molecule has 0 aliphatic heterocycles. The first-order valence-corrected chi connectivity index (χ1v) is 29.0. The number of nitrogens with one attached hydrogen (secondary N) is 1. The maximum Gasteiger partial charge on any atom is 0.323 e. The molecule has 25 nitrogen and oxygen atoms in total. The fourth-order valence-corrected chi connectivity index (χ4v) is 8.50. The molecule has 0 aliphatic carbocycles. The molecule has 468 valence electrons. The third kappa shape index (κ3) is 27.4. The Hall–Kier alpha value is -5.50. The van der Waals surface area contributed by atoms with Crippen molar-refractivity contribution in [2.45, 2.75) is 210 Å². The van der Waals surface area contributed by atoms with E-state index in [1.54, 1.807) is 62.3 Å². The molecule has 0 aromatic rings. The molecule has 10 atom stereocenters. The van der Waals surface area contributed by atoms with Crippen LogP contribution in [0, 0.1) is 0 Å². The Morgan fingerprint density at radius 1 is 0.309 bits per heavy atom. The third-order valence-electron chi connectivity index (χ3n) is 14.6. The second kappa shape index (κ2) is 38.3. The molecule has 0 aromatic heterocycles. The topological polar surface area (TPSA) is 313 Å². The predicted molar refractivity (Wildman–Crippen MR) is 306 cm³/mol. The highest BCUT2D eigenvalue weighted by molar-refractivity contribution is 5.94. The van der Waals surface area contributed by atoms with Gasteiger partial charge in [-0.2, -0.15) is 0 Å². The number of rotatable bonds is 40. The molecule has 0 heterocycles. The molecular weight excluding hydrogens is 1050 g/mol. The molecule has 0 radical (unpaired) electrons. The largest absolute Gasteiger partial charge is 0.480 e. The van der Waals surface area contributed by atoms with E-state index in [4.69, 9.17) is 0 Å². The van der Waals surface area contributed by atoms with Crippen molar-refractivity contribution in [3.05, 3.63) is 0 Å². The highest BCUT2D eigenvalue weighted by Gasteiger charge is 2.35. The van der Waals surface area contributed by atoms with Gasteiger partial charge in [0, 0.05) is 62.4 Å². The second-order valence-electron chi connectivity index (χ2n) is 22.0. The van der Waals surface area contributed by atoms with E-state index in [9.17, 15) is 73.5 Å². The molecule has 0 spiro atoms. The zero-order valence-corrected chi connectivity index (χ0v) is 51.8. The van der Waals surface area contributed by atoms with Gasteiger partial charge in [-0.05, 0) is 108 Å². The second-order valence-corrected chi connectivity index (χ2v) is 22.0. The first kappa shape index (κ1) is 75.5. The van der Waals surface area contributed by atoms with Gasteiger partial charge in [0.2, 0.25) is 53.2 Å². The smallest absolute Gasteiger partial charge is 0.323 e. The Morgan fingerprint density at radius 3 is 0.753 bits per heavy atom. The Kier molecular flexibility index (Phi) is 35.7. The summed E-state index contributed by atoms with van der Waals surface area (Å²) in [4.78, 5) is 149. The number of carboxylic acids is 1. The number of hydrogen-bond donors (Lipinski definition) is 6. The summed E-state index contributed by atoms with van der Waals surface area (Å²) in [6.07, 6.45) is -1.73. The minimum absolute atomic E-state index is 0.0190. The number of aliphatic hydroxyl groups excluding tert-OH is 4. The summed E-state index contributed by atoms with van der Waals surface area (Å²) < 4.78 is 0. The van der Waals surface area contributed by atoms with E-state index >= 15 is 0 Å². The van der Waals surface area contributed by atoms with Gasteiger partial charge in [-0.3, -0.25) is 47.9 Å². The number of aliphatic carboxylic acids is 1. The highest BCUT2D eigenvalue weighted by atomic mass is 16.4. The molecule has 81 heavy (non-hydrogen) atoms. The van der Waals surface area contributed by atoms with Crippen molar-refractivity contribution < 1.29 is 73.5 Å². The Labute approximate surface area is 482 Å². The van der Waals surface area contributed by atoms with Gasteiger partial charge in [0.1, 0.15) is 32.7 Å². The van der Waals surface area contributed by atoms with Crippen LogP contribution in [0.4, 0.5) is 0 Å². The minimum Gasteiger partial charge on any atom is -0.480 e. The lowest BCUT2D eigenvalue weighted by molar-refractivity contribution is -0.152. The quantitative estimate of drug-likeness (QED) is 0.0485. The molecule has 0 rings (SSSR count). The summed E-state index contributed by atoms with van der Waals surface area (Å²) in [6.45, 7) is 20.4. The van der Waals surface area contributed by atoms with Gasteiger partial charge in [-0.25, -0.2) is 0 Å². The number of aliphatic hydroxyl groups is 4. The zero-order chi connectivity index (χ0) is 62.6. The van der Waals surface area contributed by atoms with Gasteiger partial charge in [-0.1, -0.05) is 41.5 Å². The Morgan fingerprint density at radius 2 is 0.519 bits per heavy atom. The lowest BCUT2D eigenvalue weighted by Gasteiger charge is -2.36. The van der Waals surface area contributed by atoms with Crippen LogP contribution >= 0.6 is 0 Å². The van der Waals surface area contributed by atoms with Crippen molar-refractivity contribution in [3.63, 3.8) is 0 Å². The molecule has 9 amide bonds. The summed E-state index contributed by atoms with van der Waals surface area (Å²) in [5, 5.41) is 54.7. The fourth-order valence-electron chi connectivity index (χ4n) is 8.50. The van der Waals surface area contributed by atoms with Gasteiger partial charge in [0.25, 0.3) is 0 Å². The van der Waals surface area contributed by atoms with Crippen molar-refractivity contribution in [3.8, 4) is 0 Å². The number of carbonyl (C=O) groups excluding carboxylic acids is 9. The van der Waals surface area contributed by atoms with Crippen LogP contribution in [0.1, 0.15) is 149 Å². The number of amides is 9. The number of carboxylic acid groups (broad SMARTS) is 1. The van der Waals surface area contributed by atoms with Crippen LogP contribution in [-0.4, -0.2) is 281 Å². The first-order chi connectivity index (χ1) is 37.7. The first-order valence-electron chi connectivity index (χ1n) is 29.0. The molecule has 0 saturated carbocycles. The monoisotopic (exact) mass is 1160 g/mol. The van der Waals surface area contributed by atoms with Crippen LogP contribution < -0.4 is 5.32 Å². The lowest BCUT2D eigenvalue weighted by atomic mass is 10.1. The summed E-state index contributed by atoms with van der Waals surface area (Å²) in [7, 11) is 0. The zero-order valence-electron chi connectivity index (χ0n) is 51.8. The van der Waals surface area contributed by atoms with Crippen LogP contribution in [-0.2, 0) is 47.9 Å². The predicted octanol–water partition coefficient (Wildman–Crippen LogP) is 0.432. The summed E-state index contributed by atoms with van der Waals surface area (Å²) in [6, 6.07) is -2.50. The average molecular weight is 1160 g/mol. The molecule has 10 unspecified atom stereocenters. The van der Waals surface area contributed by atoms with E-state index in [0.29, 0.717) is 32.1 Å². The van der Waals surface area contributed by atoms with Gasteiger partial charge in [-0.15, -0.1) is 0 Å². The van der Waals surface area contributed by atoms with Gasteiger partial charge >= 0.3 is 5.97 Å². The SMILES string of the molecule is CCC(C)NCC(=O)N(CC(=O)N(CC(=O)N(CC(=O)N(CC(=O)N(CC(=O)N(CC(=O)N(CC(=O)N(CC(=O)N(CC(=O)O)C(C)CC)C(C)CC)CC(C)O)CC(C)O)C(C)CC)C(C)CC)CC(C)O)CC(C)O)C(C)CC. The van der Waals surface area contributed by atoms with E-state index in [0.717, 1.165) is 26.0 Å². The van der Waals surface area contributed by atoms with Crippen molar-refractivity contribution in [2.24, 2.45) is 0 Å². The van der Waals surface area contributed by atoms with Crippen molar-refractivity contribution in [2.75, 3.05) is 91.6 Å². The summed E-state index contributed by atoms with van der Waals surface area (Å²) in [5.41, 5.74) is 0. The molecule has 25 heteroatoms. The molecular formula is C56H104N10O15. The normalized spacial score (nSPS) is 15.0. The highest BCUT2D eigenvalue weighted by Crippen LogP contribution is 2.15. The van der Waals surface area contributed by atoms with E-state index in [-0.39, 0.29) is 57.3 Å². The standard InChI is InChI=1S/C56H104N10O15/c1-17-37(7)57-23-47(71)62(38(8)18-2)32-50(74)58(24-43(13)67)28-48(72)60(26-45(15)69)30-52(76)64(40(10)20-4)34-54(78)63(39(9)19-3)33-51(75)59(25-44(14)68)29-49(73)61(27-46(16)70)31-53(77)65(41(11)21-5)35-55(79)66(36-56(80)81)42(12)22-6/h37-46,57,67-70H,17-36H2,1-16H3,(H,80,81). The van der Waals surface area contributed by atoms with E-state index in [1.165, 1.54) is 52.2 Å². The molecule has 0 saturated heterocycles. The maximum atomic E-state index is 14.5. The molecule has 0 aliphatic rings. The number of nitrogens with zero attached hydrogens (tertiary/aromatic N) is 9. The van der Waals surface area contributed by atoms with E-state index in [1.807, 2.05) is 20.8 Å². The molecule has 0 bridgehead atoms. The Balaban J connectivity index is 6.88. The van der Waals surface area contributed by atoms with Gasteiger partial charge < -0.3 is 74.9 Å². The van der Waals surface area contributed by atoms with Crippen molar-refractivity contribution >= 4 is 59.1 Å². The van der Waals surface area contributed by atoms with Crippen LogP contribution in [0.5, 0.6) is 0 Å². The molecule has 0 fully saturated rings. The van der Waals surface area contributed by atoms with E-state index in [2.05, 4.69) is 5.32 Å². The van der Waals surface area contributed by atoms with Crippen LogP contribution in [0.2, 0.25) is 0 Å². The average Bonchev–Trinajstić information content (AvgIpc) is 3.39. The summed E-state index contributed by atoms with van der Waals surface area (Å²) >= 11 is 0. The third-order valence-corrected chi connectivity index (χ3v) is 14.6. The number of carbonyl (C=O) groups is 10. The minimum atomic E-state index is -1.23. The number of hydrogen-bond acceptors (Lipinski definition) is 15. The van der Waals surface area contributed by atoms with Gasteiger partial charge in [0.05, 0.1) is 57.1 Å². The van der Waals surface area contributed by atoms with Crippen LogP contribution in [0.15, 0.2) is 0 Å². The van der Waals surface area contributed by atoms with E-state index < -0.39 is 154 Å².